The summed E-state index contributed by atoms with van der Waals surface area (Å²) in [5, 5.41) is 8.83. The molecular formula is C7H8BrN3O. The van der Waals surface area contributed by atoms with Gasteiger partial charge in [0.25, 0.3) is 5.91 Å². The lowest BCUT2D eigenvalue weighted by Crippen LogP contribution is -2.24. The van der Waals surface area contributed by atoms with E-state index in [0.717, 1.165) is 4.48 Å². The number of aromatic amines is 1. The highest BCUT2D eigenvalue weighted by Crippen LogP contribution is 1.98. The third kappa shape index (κ3) is 2.50. The first-order valence-electron chi connectivity index (χ1n) is 3.31. The summed E-state index contributed by atoms with van der Waals surface area (Å²) >= 11 is 3.13. The Bertz CT molecular complexity index is 281. The second-order valence-corrected chi connectivity index (χ2v) is 3.29. The SMILES string of the molecule is C=C(Br)CNC(=O)c1ccn[nH]1. The van der Waals surface area contributed by atoms with Crippen molar-refractivity contribution in [2.45, 2.75) is 0 Å². The Balaban J connectivity index is 2.45. The lowest BCUT2D eigenvalue weighted by atomic mass is 10.4. The fraction of sp³-hybridized carbons (Fsp3) is 0.143. The van der Waals surface area contributed by atoms with Gasteiger partial charge in [0.05, 0.1) is 0 Å². The third-order valence-electron chi connectivity index (χ3n) is 1.19. The van der Waals surface area contributed by atoms with Crippen molar-refractivity contribution in [2.75, 3.05) is 6.54 Å². The van der Waals surface area contributed by atoms with Crippen LogP contribution in [0, 0.1) is 0 Å². The Morgan fingerprint density at radius 1 is 1.83 bits per heavy atom. The maximum Gasteiger partial charge on any atom is 0.269 e. The molecular weight excluding hydrogens is 222 g/mol. The fourth-order valence-electron chi connectivity index (χ4n) is 0.654. The van der Waals surface area contributed by atoms with Crippen molar-refractivity contribution in [3.63, 3.8) is 0 Å². The third-order valence-corrected chi connectivity index (χ3v) is 1.47. The molecule has 12 heavy (non-hydrogen) atoms. The van der Waals surface area contributed by atoms with Gasteiger partial charge >= 0.3 is 0 Å². The van der Waals surface area contributed by atoms with Crippen LogP contribution in [0.1, 0.15) is 10.5 Å². The van der Waals surface area contributed by atoms with E-state index in [9.17, 15) is 4.79 Å². The van der Waals surface area contributed by atoms with Crippen LogP contribution in [0.15, 0.2) is 23.3 Å². The summed E-state index contributed by atoms with van der Waals surface area (Å²) in [4.78, 5) is 11.2. The molecule has 0 spiro atoms. The van der Waals surface area contributed by atoms with E-state index in [2.05, 4.69) is 38.0 Å². The quantitative estimate of drug-likeness (QED) is 0.815. The van der Waals surface area contributed by atoms with Crippen molar-refractivity contribution in [3.05, 3.63) is 29.0 Å². The van der Waals surface area contributed by atoms with Crippen molar-refractivity contribution in [2.24, 2.45) is 0 Å². The van der Waals surface area contributed by atoms with Crippen molar-refractivity contribution in [3.8, 4) is 0 Å². The van der Waals surface area contributed by atoms with E-state index >= 15 is 0 Å². The molecule has 2 N–H and O–H groups in total. The van der Waals surface area contributed by atoms with Crippen LogP contribution in [0.3, 0.4) is 0 Å². The van der Waals surface area contributed by atoms with Crippen molar-refractivity contribution < 1.29 is 4.79 Å². The molecule has 1 amide bonds. The average molecular weight is 230 g/mol. The van der Waals surface area contributed by atoms with Crippen LogP contribution in [0.2, 0.25) is 0 Å². The normalized spacial score (nSPS) is 9.42. The van der Waals surface area contributed by atoms with Gasteiger partial charge in [-0.2, -0.15) is 5.10 Å². The Hall–Kier alpha value is -1.10. The van der Waals surface area contributed by atoms with Crippen molar-refractivity contribution in [1.29, 1.82) is 0 Å². The van der Waals surface area contributed by atoms with Gasteiger partial charge in [0.15, 0.2) is 0 Å². The number of H-pyrrole nitrogens is 1. The molecule has 0 saturated carbocycles. The van der Waals surface area contributed by atoms with Crippen LogP contribution >= 0.6 is 15.9 Å². The number of carbonyl (C=O) groups is 1. The molecule has 0 aliphatic heterocycles. The van der Waals surface area contributed by atoms with E-state index in [1.54, 1.807) is 6.07 Å². The molecule has 0 atom stereocenters. The van der Waals surface area contributed by atoms with Crippen molar-refractivity contribution >= 4 is 21.8 Å². The average Bonchev–Trinajstić information content (AvgIpc) is 2.51. The first-order valence-corrected chi connectivity index (χ1v) is 4.10. The summed E-state index contributed by atoms with van der Waals surface area (Å²) in [7, 11) is 0. The van der Waals surface area contributed by atoms with Gasteiger partial charge in [0.2, 0.25) is 0 Å². The van der Waals surface area contributed by atoms with Gasteiger partial charge in [-0.15, -0.1) is 0 Å². The predicted octanol–water partition coefficient (Wildman–Crippen LogP) is 1.05. The number of hydrogen-bond donors (Lipinski definition) is 2. The van der Waals surface area contributed by atoms with Crippen LogP contribution in [0.5, 0.6) is 0 Å². The second-order valence-electron chi connectivity index (χ2n) is 2.17. The van der Waals surface area contributed by atoms with Gasteiger partial charge in [0.1, 0.15) is 5.69 Å². The summed E-state index contributed by atoms with van der Waals surface area (Å²) in [6.07, 6.45) is 1.53. The first-order chi connectivity index (χ1) is 5.70. The zero-order valence-electron chi connectivity index (χ0n) is 6.30. The van der Waals surface area contributed by atoms with Crippen LogP contribution in [0.4, 0.5) is 0 Å². The Kier molecular flexibility index (Phi) is 3.04. The predicted molar refractivity (Wildman–Crippen MR) is 49.0 cm³/mol. The second kappa shape index (κ2) is 4.06. The lowest BCUT2D eigenvalue weighted by Gasteiger charge is -2.00. The van der Waals surface area contributed by atoms with Crippen LogP contribution in [-0.4, -0.2) is 22.6 Å². The maximum atomic E-state index is 11.2. The Morgan fingerprint density at radius 3 is 3.08 bits per heavy atom. The summed E-state index contributed by atoms with van der Waals surface area (Å²) < 4.78 is 0.732. The van der Waals surface area contributed by atoms with Gasteiger partial charge in [-0.25, -0.2) is 0 Å². The first kappa shape index (κ1) is 8.99. The highest BCUT2D eigenvalue weighted by Gasteiger charge is 2.04. The molecule has 1 rings (SSSR count). The zero-order valence-corrected chi connectivity index (χ0v) is 7.89. The molecule has 1 aromatic heterocycles. The monoisotopic (exact) mass is 229 g/mol. The van der Waals surface area contributed by atoms with Gasteiger partial charge in [0, 0.05) is 17.2 Å². The molecule has 64 valence electrons. The maximum absolute atomic E-state index is 11.2. The molecule has 0 aliphatic carbocycles. The number of carbonyl (C=O) groups excluding carboxylic acids is 1. The van der Waals surface area contributed by atoms with E-state index in [0.29, 0.717) is 12.2 Å². The standard InChI is InChI=1S/C7H8BrN3O/c1-5(8)4-9-7(12)6-2-3-10-11-6/h2-3H,1,4H2,(H,9,12)(H,10,11). The minimum absolute atomic E-state index is 0.187. The topological polar surface area (TPSA) is 57.8 Å². The van der Waals surface area contributed by atoms with E-state index < -0.39 is 0 Å². The molecule has 0 radical (unpaired) electrons. The number of aromatic nitrogens is 2. The number of halogens is 1. The molecule has 4 nitrogen and oxygen atoms in total. The van der Waals surface area contributed by atoms with E-state index in [1.807, 2.05) is 0 Å². The fourth-order valence-corrected chi connectivity index (χ4v) is 0.794. The molecule has 0 bridgehead atoms. The summed E-state index contributed by atoms with van der Waals surface area (Å²) in [6.45, 7) is 4.00. The molecule has 0 aromatic carbocycles. The van der Waals surface area contributed by atoms with Gasteiger partial charge < -0.3 is 5.32 Å². The number of nitrogens with zero attached hydrogens (tertiary/aromatic N) is 1. The van der Waals surface area contributed by atoms with E-state index in [-0.39, 0.29) is 5.91 Å². The minimum Gasteiger partial charge on any atom is -0.346 e. The zero-order chi connectivity index (χ0) is 8.97. The highest BCUT2D eigenvalue weighted by molar-refractivity contribution is 9.11. The summed E-state index contributed by atoms with van der Waals surface area (Å²) in [5.74, 6) is -0.187. The molecule has 1 heterocycles. The van der Waals surface area contributed by atoms with Gasteiger partial charge in [-0.1, -0.05) is 22.5 Å². The van der Waals surface area contributed by atoms with Crippen LogP contribution < -0.4 is 5.32 Å². The lowest BCUT2D eigenvalue weighted by molar-refractivity contribution is 0.0953. The smallest absolute Gasteiger partial charge is 0.269 e. The van der Waals surface area contributed by atoms with Gasteiger partial charge in [-0.3, -0.25) is 9.89 Å². The number of hydrogen-bond acceptors (Lipinski definition) is 2. The Labute approximate surface area is 78.2 Å². The van der Waals surface area contributed by atoms with Gasteiger partial charge in [-0.05, 0) is 6.07 Å². The molecule has 0 saturated heterocycles. The minimum atomic E-state index is -0.187. The number of amides is 1. The number of nitrogens with one attached hydrogen (secondary N) is 2. The molecule has 0 fully saturated rings. The molecule has 1 aromatic rings. The van der Waals surface area contributed by atoms with Crippen molar-refractivity contribution in [1.82, 2.24) is 15.5 Å². The van der Waals surface area contributed by atoms with E-state index in [4.69, 9.17) is 0 Å². The number of rotatable bonds is 3. The summed E-state index contributed by atoms with van der Waals surface area (Å²) in [6, 6.07) is 1.60. The highest BCUT2D eigenvalue weighted by atomic mass is 79.9. The van der Waals surface area contributed by atoms with Crippen LogP contribution in [-0.2, 0) is 0 Å². The molecule has 0 aliphatic rings. The summed E-state index contributed by atoms with van der Waals surface area (Å²) in [5.41, 5.74) is 0.448. The molecule has 0 unspecified atom stereocenters. The largest absolute Gasteiger partial charge is 0.346 e. The Morgan fingerprint density at radius 2 is 2.58 bits per heavy atom. The van der Waals surface area contributed by atoms with Crippen LogP contribution in [0.25, 0.3) is 0 Å². The van der Waals surface area contributed by atoms with E-state index in [1.165, 1.54) is 6.20 Å². The molecule has 5 heteroatoms.